The molecule has 2 heterocycles. The normalized spacial score (nSPS) is 12.1. The smallest absolute Gasteiger partial charge is 0.0794 e. The fourth-order valence-corrected chi connectivity index (χ4v) is 6.04. The van der Waals surface area contributed by atoms with E-state index in [2.05, 4.69) is 91.1 Å². The van der Waals surface area contributed by atoms with Gasteiger partial charge in [-0.3, -0.25) is 4.98 Å². The van der Waals surface area contributed by atoms with E-state index in [9.17, 15) is 0 Å². The monoisotopic (exact) mass is 385 g/mol. The number of rotatable bonds is 0. The lowest BCUT2D eigenvalue weighted by Crippen LogP contribution is -1.86. The van der Waals surface area contributed by atoms with Gasteiger partial charge in [0.15, 0.2) is 0 Å². The molecule has 7 rings (SSSR count). The Kier molecular flexibility index (Phi) is 2.94. The second kappa shape index (κ2) is 5.53. The SMILES string of the molecule is c1ccc2c(c1)ccc1c2sc2cnc3c4ccccc4c4ccccc4c3c21. The number of pyridine rings is 1. The Morgan fingerprint density at radius 2 is 1.17 bits per heavy atom. The van der Waals surface area contributed by atoms with Crippen molar-refractivity contribution in [3.8, 4) is 0 Å². The Morgan fingerprint density at radius 1 is 0.517 bits per heavy atom. The Morgan fingerprint density at radius 3 is 2.00 bits per heavy atom. The van der Waals surface area contributed by atoms with E-state index in [1.165, 1.54) is 57.9 Å². The molecule has 0 unspecified atom stereocenters. The summed E-state index contributed by atoms with van der Waals surface area (Å²) in [5.74, 6) is 0. The second-order valence-electron chi connectivity index (χ2n) is 7.58. The van der Waals surface area contributed by atoms with E-state index in [0.29, 0.717) is 0 Å². The van der Waals surface area contributed by atoms with E-state index in [1.54, 1.807) is 0 Å². The van der Waals surface area contributed by atoms with Crippen LogP contribution in [-0.4, -0.2) is 4.98 Å². The molecule has 2 heteroatoms. The molecule has 0 fully saturated rings. The van der Waals surface area contributed by atoms with Gasteiger partial charge in [0.1, 0.15) is 0 Å². The maximum absolute atomic E-state index is 4.97. The number of hydrogen-bond donors (Lipinski definition) is 0. The summed E-state index contributed by atoms with van der Waals surface area (Å²) in [6.07, 6.45) is 2.07. The molecule has 134 valence electrons. The van der Waals surface area contributed by atoms with Crippen molar-refractivity contribution in [2.75, 3.05) is 0 Å². The van der Waals surface area contributed by atoms with Crippen LogP contribution in [0.2, 0.25) is 0 Å². The Balaban J connectivity index is 1.84. The van der Waals surface area contributed by atoms with Crippen molar-refractivity contribution in [3.05, 3.63) is 91.1 Å². The van der Waals surface area contributed by atoms with Gasteiger partial charge in [0.25, 0.3) is 0 Å². The fourth-order valence-electron chi connectivity index (χ4n) is 4.83. The first-order chi connectivity index (χ1) is 14.4. The zero-order chi connectivity index (χ0) is 18.9. The van der Waals surface area contributed by atoms with E-state index in [0.717, 1.165) is 5.52 Å². The van der Waals surface area contributed by atoms with Gasteiger partial charge in [0, 0.05) is 32.4 Å². The molecule has 2 aromatic heterocycles. The van der Waals surface area contributed by atoms with Gasteiger partial charge in [0.05, 0.1) is 10.2 Å². The van der Waals surface area contributed by atoms with Crippen molar-refractivity contribution in [2.24, 2.45) is 0 Å². The van der Waals surface area contributed by atoms with Crippen LogP contribution < -0.4 is 0 Å². The lowest BCUT2D eigenvalue weighted by atomic mass is 9.94. The van der Waals surface area contributed by atoms with Gasteiger partial charge in [-0.05, 0) is 26.9 Å². The maximum Gasteiger partial charge on any atom is 0.0794 e. The van der Waals surface area contributed by atoms with Gasteiger partial charge in [-0.15, -0.1) is 11.3 Å². The highest BCUT2D eigenvalue weighted by Crippen LogP contribution is 2.44. The predicted octanol–water partition coefficient (Wildman–Crippen LogP) is 8.06. The third-order valence-electron chi connectivity index (χ3n) is 6.07. The van der Waals surface area contributed by atoms with E-state index < -0.39 is 0 Å². The highest BCUT2D eigenvalue weighted by atomic mass is 32.1. The van der Waals surface area contributed by atoms with Crippen LogP contribution >= 0.6 is 11.3 Å². The molecule has 0 atom stereocenters. The topological polar surface area (TPSA) is 12.9 Å². The molecule has 0 N–H and O–H groups in total. The highest BCUT2D eigenvalue weighted by Gasteiger charge is 2.16. The van der Waals surface area contributed by atoms with Gasteiger partial charge >= 0.3 is 0 Å². The molecule has 0 spiro atoms. The van der Waals surface area contributed by atoms with Crippen LogP contribution in [-0.2, 0) is 0 Å². The molecule has 0 aliphatic heterocycles. The molecule has 0 aliphatic carbocycles. The molecule has 5 aromatic carbocycles. The molecule has 7 aromatic rings. The highest BCUT2D eigenvalue weighted by molar-refractivity contribution is 7.26. The minimum Gasteiger partial charge on any atom is -0.254 e. The minimum atomic E-state index is 1.10. The zero-order valence-electron chi connectivity index (χ0n) is 15.5. The fraction of sp³-hybridized carbons (Fsp3) is 0. The molecule has 0 saturated heterocycles. The first-order valence-electron chi connectivity index (χ1n) is 9.82. The van der Waals surface area contributed by atoms with Crippen LogP contribution in [0.15, 0.2) is 91.1 Å². The van der Waals surface area contributed by atoms with Crippen LogP contribution in [0, 0.1) is 0 Å². The molecule has 0 saturated carbocycles. The first kappa shape index (κ1) is 15.4. The van der Waals surface area contributed by atoms with Crippen molar-refractivity contribution in [1.29, 1.82) is 0 Å². The summed E-state index contributed by atoms with van der Waals surface area (Å²) in [4.78, 5) is 4.97. The minimum absolute atomic E-state index is 1.10. The maximum atomic E-state index is 4.97. The van der Waals surface area contributed by atoms with Crippen LogP contribution in [0.5, 0.6) is 0 Å². The van der Waals surface area contributed by atoms with Crippen LogP contribution in [0.4, 0.5) is 0 Å². The molecular weight excluding hydrogens is 370 g/mol. The van der Waals surface area contributed by atoms with Crippen molar-refractivity contribution in [1.82, 2.24) is 4.98 Å². The van der Waals surface area contributed by atoms with Gasteiger partial charge in [-0.1, -0.05) is 84.9 Å². The van der Waals surface area contributed by atoms with E-state index in [1.807, 2.05) is 11.3 Å². The van der Waals surface area contributed by atoms with Gasteiger partial charge in [-0.2, -0.15) is 0 Å². The number of aromatic nitrogens is 1. The lowest BCUT2D eigenvalue weighted by Gasteiger charge is -2.10. The standard InChI is InChI=1S/C27H15NS/c1-2-8-17-16(7-1)13-14-22-24-23(29-27(17)22)15-28-26-21-12-6-4-10-19(21)18-9-3-5-11-20(18)25(24)26/h1-15H. The second-order valence-corrected chi connectivity index (χ2v) is 8.63. The van der Waals surface area contributed by atoms with Crippen molar-refractivity contribution >= 4 is 74.7 Å². The Hall–Kier alpha value is -3.49. The summed E-state index contributed by atoms with van der Waals surface area (Å²) in [5.41, 5.74) is 1.10. The summed E-state index contributed by atoms with van der Waals surface area (Å²) in [5, 5.41) is 11.6. The molecular formula is C27H15NS. The number of thiophene rings is 1. The quantitative estimate of drug-likeness (QED) is 0.241. The van der Waals surface area contributed by atoms with Crippen LogP contribution in [0.1, 0.15) is 0 Å². The summed E-state index contributed by atoms with van der Waals surface area (Å²) >= 11 is 1.86. The third kappa shape index (κ3) is 1.96. The Bertz CT molecular complexity index is 1720. The molecule has 0 bridgehead atoms. The van der Waals surface area contributed by atoms with Crippen molar-refractivity contribution in [2.45, 2.75) is 0 Å². The van der Waals surface area contributed by atoms with Crippen molar-refractivity contribution < 1.29 is 0 Å². The van der Waals surface area contributed by atoms with Crippen LogP contribution in [0.25, 0.3) is 63.4 Å². The third-order valence-corrected chi connectivity index (χ3v) is 7.25. The predicted molar refractivity (Wildman–Crippen MR) is 127 cm³/mol. The first-order valence-corrected chi connectivity index (χ1v) is 10.6. The number of fused-ring (bicyclic) bond motifs is 12. The van der Waals surface area contributed by atoms with Gasteiger partial charge in [-0.25, -0.2) is 0 Å². The number of benzene rings is 5. The number of hydrogen-bond acceptors (Lipinski definition) is 2. The summed E-state index contributed by atoms with van der Waals surface area (Å²) in [6, 6.07) is 30.6. The summed E-state index contributed by atoms with van der Waals surface area (Å²) in [6.45, 7) is 0. The summed E-state index contributed by atoms with van der Waals surface area (Å²) < 4.78 is 2.61. The molecule has 0 aliphatic rings. The van der Waals surface area contributed by atoms with Gasteiger partial charge < -0.3 is 0 Å². The average molecular weight is 385 g/mol. The largest absolute Gasteiger partial charge is 0.254 e. The molecule has 0 amide bonds. The Labute approximate surface area is 170 Å². The van der Waals surface area contributed by atoms with Crippen molar-refractivity contribution in [3.63, 3.8) is 0 Å². The van der Waals surface area contributed by atoms with E-state index in [-0.39, 0.29) is 0 Å². The van der Waals surface area contributed by atoms with E-state index in [4.69, 9.17) is 4.98 Å². The molecule has 1 nitrogen and oxygen atoms in total. The number of nitrogens with zero attached hydrogens (tertiary/aromatic N) is 1. The molecule has 0 radical (unpaired) electrons. The lowest BCUT2D eigenvalue weighted by molar-refractivity contribution is 1.48. The zero-order valence-corrected chi connectivity index (χ0v) is 16.3. The molecule has 29 heavy (non-hydrogen) atoms. The summed E-state index contributed by atoms with van der Waals surface area (Å²) in [7, 11) is 0. The average Bonchev–Trinajstić information content (AvgIpc) is 3.18. The van der Waals surface area contributed by atoms with Gasteiger partial charge in [0.2, 0.25) is 0 Å². The van der Waals surface area contributed by atoms with E-state index >= 15 is 0 Å². The van der Waals surface area contributed by atoms with Crippen LogP contribution in [0.3, 0.4) is 0 Å².